The summed E-state index contributed by atoms with van der Waals surface area (Å²) in [6, 6.07) is 21.7. The van der Waals surface area contributed by atoms with Crippen LogP contribution in [0.5, 0.6) is 11.5 Å². The van der Waals surface area contributed by atoms with Crippen LogP contribution < -0.4 is 15.1 Å². The van der Waals surface area contributed by atoms with Crippen molar-refractivity contribution >= 4 is 18.8 Å². The molecule has 0 fully saturated rings. The van der Waals surface area contributed by atoms with Crippen molar-refractivity contribution in [3.05, 3.63) is 83.4 Å². The molecule has 122 valence electrons. The molecule has 1 unspecified atom stereocenters. The monoisotopic (exact) mass is 336 g/mol. The van der Waals surface area contributed by atoms with Gasteiger partial charge in [-0.25, -0.2) is 0 Å². The smallest absolute Gasteiger partial charge is 0.151 e. The van der Waals surface area contributed by atoms with Crippen LogP contribution in [0.15, 0.2) is 66.7 Å². The molecular formula is C21H21O2P. The van der Waals surface area contributed by atoms with E-state index >= 15 is 0 Å². The lowest BCUT2D eigenvalue weighted by molar-refractivity contribution is 0.474. The highest BCUT2D eigenvalue weighted by Crippen LogP contribution is 2.39. The van der Waals surface area contributed by atoms with Gasteiger partial charge in [0.1, 0.15) is 11.5 Å². The molecule has 3 heteroatoms. The second kappa shape index (κ2) is 7.07. The van der Waals surface area contributed by atoms with Gasteiger partial charge in [-0.3, -0.25) is 0 Å². The van der Waals surface area contributed by atoms with Crippen molar-refractivity contribution in [2.45, 2.75) is 20.8 Å². The van der Waals surface area contributed by atoms with Crippen molar-refractivity contribution in [1.29, 1.82) is 0 Å². The Morgan fingerprint density at radius 3 is 1.96 bits per heavy atom. The van der Waals surface area contributed by atoms with Gasteiger partial charge in [-0.1, -0.05) is 48.0 Å². The summed E-state index contributed by atoms with van der Waals surface area (Å²) in [6.45, 7) is 6.41. The first kappa shape index (κ1) is 16.5. The van der Waals surface area contributed by atoms with Crippen molar-refractivity contribution in [2.24, 2.45) is 0 Å². The molecule has 3 aromatic rings. The number of aromatic hydroxyl groups is 1. The molecular weight excluding hydrogens is 315 g/mol. The van der Waals surface area contributed by atoms with Crippen molar-refractivity contribution in [3.8, 4) is 11.5 Å². The van der Waals surface area contributed by atoms with Crippen molar-refractivity contribution in [1.82, 2.24) is 0 Å². The normalized spacial score (nSPS) is 12.0. The predicted octanol–water partition coefficient (Wildman–Crippen LogP) is 4.74. The zero-order valence-corrected chi connectivity index (χ0v) is 15.0. The molecule has 0 aliphatic carbocycles. The third-order valence-electron chi connectivity index (χ3n) is 3.86. The summed E-state index contributed by atoms with van der Waals surface area (Å²) in [5.74, 6) is 1.01. The summed E-state index contributed by atoms with van der Waals surface area (Å²) in [5.41, 5.74) is 3.77. The Hall–Kier alpha value is -2.31. The summed E-state index contributed by atoms with van der Waals surface area (Å²) in [7, 11) is -0.972. The van der Waals surface area contributed by atoms with E-state index in [1.54, 1.807) is 12.1 Å². The summed E-state index contributed by atoms with van der Waals surface area (Å²) < 4.78 is 6.40. The SMILES string of the molecule is Cc1cc(C)c(P(Oc2ccc(O)cc2)c2ccccc2)c(C)c1. The largest absolute Gasteiger partial charge is 0.508 e. The van der Waals surface area contributed by atoms with E-state index in [1.807, 2.05) is 30.3 Å². The molecule has 0 radical (unpaired) electrons. The molecule has 0 heterocycles. The van der Waals surface area contributed by atoms with Crippen LogP contribution in [0.2, 0.25) is 0 Å². The highest BCUT2D eigenvalue weighted by Gasteiger charge is 2.21. The number of hydrogen-bond donors (Lipinski definition) is 1. The third kappa shape index (κ3) is 3.60. The average Bonchev–Trinajstić information content (AvgIpc) is 2.56. The molecule has 0 amide bonds. The summed E-state index contributed by atoms with van der Waals surface area (Å²) in [4.78, 5) is 0. The first-order chi connectivity index (χ1) is 11.5. The molecule has 1 N–H and O–H groups in total. The molecule has 0 saturated carbocycles. The van der Waals surface area contributed by atoms with Gasteiger partial charge < -0.3 is 9.63 Å². The van der Waals surface area contributed by atoms with Gasteiger partial charge in [0.05, 0.1) is 0 Å². The van der Waals surface area contributed by atoms with Gasteiger partial charge in [0.25, 0.3) is 0 Å². The molecule has 1 atom stereocenters. The molecule has 0 aliphatic heterocycles. The molecule has 0 spiro atoms. The van der Waals surface area contributed by atoms with Gasteiger partial charge in [-0.2, -0.15) is 0 Å². The topological polar surface area (TPSA) is 29.5 Å². The number of hydrogen-bond acceptors (Lipinski definition) is 2. The lowest BCUT2D eigenvalue weighted by Gasteiger charge is -2.23. The quantitative estimate of drug-likeness (QED) is 0.697. The van der Waals surface area contributed by atoms with Crippen molar-refractivity contribution < 1.29 is 9.63 Å². The van der Waals surface area contributed by atoms with E-state index in [-0.39, 0.29) is 5.75 Å². The number of benzene rings is 3. The summed E-state index contributed by atoms with van der Waals surface area (Å²) in [5, 5.41) is 11.9. The van der Waals surface area contributed by atoms with E-state index in [0.717, 1.165) is 5.75 Å². The van der Waals surface area contributed by atoms with Gasteiger partial charge in [0.2, 0.25) is 0 Å². The Morgan fingerprint density at radius 2 is 1.38 bits per heavy atom. The molecule has 24 heavy (non-hydrogen) atoms. The van der Waals surface area contributed by atoms with Crippen LogP contribution >= 0.6 is 8.15 Å². The second-order valence-electron chi connectivity index (χ2n) is 5.96. The summed E-state index contributed by atoms with van der Waals surface area (Å²) in [6.07, 6.45) is 0. The van der Waals surface area contributed by atoms with Crippen LogP contribution in [-0.2, 0) is 0 Å². The van der Waals surface area contributed by atoms with Crippen LogP contribution in [0, 0.1) is 20.8 Å². The minimum atomic E-state index is -0.972. The summed E-state index contributed by atoms with van der Waals surface area (Å²) >= 11 is 0. The number of aryl methyl sites for hydroxylation is 3. The van der Waals surface area contributed by atoms with Gasteiger partial charge in [-0.05, 0) is 56.2 Å². The van der Waals surface area contributed by atoms with E-state index in [4.69, 9.17) is 4.52 Å². The van der Waals surface area contributed by atoms with E-state index in [2.05, 4.69) is 45.0 Å². The fourth-order valence-electron chi connectivity index (χ4n) is 2.90. The first-order valence-corrected chi connectivity index (χ1v) is 9.20. The van der Waals surface area contributed by atoms with Gasteiger partial charge in [0.15, 0.2) is 8.15 Å². The van der Waals surface area contributed by atoms with Gasteiger partial charge in [-0.15, -0.1) is 0 Å². The molecule has 3 rings (SSSR count). The van der Waals surface area contributed by atoms with Crippen LogP contribution in [0.1, 0.15) is 16.7 Å². The lowest BCUT2D eigenvalue weighted by Crippen LogP contribution is -2.20. The van der Waals surface area contributed by atoms with Gasteiger partial charge in [0, 0.05) is 10.6 Å². The fourth-order valence-corrected chi connectivity index (χ4v) is 4.90. The van der Waals surface area contributed by atoms with Crippen LogP contribution in [0.25, 0.3) is 0 Å². The molecule has 0 bridgehead atoms. The maximum Gasteiger partial charge on any atom is 0.151 e. The molecule has 0 aromatic heterocycles. The van der Waals surface area contributed by atoms with Crippen LogP contribution in [-0.4, -0.2) is 5.11 Å². The molecule has 3 aromatic carbocycles. The van der Waals surface area contributed by atoms with E-state index in [9.17, 15) is 5.11 Å². The van der Waals surface area contributed by atoms with E-state index < -0.39 is 8.15 Å². The Balaban J connectivity index is 2.08. The zero-order valence-electron chi connectivity index (χ0n) is 14.2. The Bertz CT molecular complexity index is 803. The number of phenols is 1. The van der Waals surface area contributed by atoms with Crippen LogP contribution in [0.3, 0.4) is 0 Å². The highest BCUT2D eigenvalue weighted by atomic mass is 31.1. The van der Waals surface area contributed by atoms with Crippen molar-refractivity contribution in [3.63, 3.8) is 0 Å². The Kier molecular flexibility index (Phi) is 4.87. The van der Waals surface area contributed by atoms with Crippen molar-refractivity contribution in [2.75, 3.05) is 0 Å². The standard InChI is InChI=1S/C21H21O2P/c1-15-13-16(2)21(17(3)14-15)24(20-7-5-4-6-8-20)23-19-11-9-18(22)10-12-19/h4-14,22H,1-3H3. The predicted molar refractivity (Wildman–Crippen MR) is 102 cm³/mol. The van der Waals surface area contributed by atoms with Crippen LogP contribution in [0.4, 0.5) is 0 Å². The molecule has 0 saturated heterocycles. The minimum absolute atomic E-state index is 0.245. The lowest BCUT2D eigenvalue weighted by atomic mass is 10.1. The highest BCUT2D eigenvalue weighted by molar-refractivity contribution is 7.69. The number of phenolic OH excluding ortho intramolecular Hbond substituents is 1. The van der Waals surface area contributed by atoms with E-state index in [1.165, 1.54) is 27.3 Å². The van der Waals surface area contributed by atoms with E-state index in [0.29, 0.717) is 0 Å². The maximum absolute atomic E-state index is 9.49. The second-order valence-corrected chi connectivity index (χ2v) is 7.70. The Morgan fingerprint density at radius 1 is 0.792 bits per heavy atom. The zero-order chi connectivity index (χ0) is 17.1. The first-order valence-electron chi connectivity index (χ1n) is 7.94. The average molecular weight is 336 g/mol. The number of rotatable bonds is 4. The minimum Gasteiger partial charge on any atom is -0.508 e. The van der Waals surface area contributed by atoms with Gasteiger partial charge >= 0.3 is 0 Å². The maximum atomic E-state index is 9.49. The Labute approximate surface area is 144 Å². The fraction of sp³-hybridized carbons (Fsp3) is 0.143. The third-order valence-corrected chi connectivity index (χ3v) is 6.13. The molecule has 2 nitrogen and oxygen atoms in total. The molecule has 0 aliphatic rings.